The minimum absolute atomic E-state index is 0.132. The quantitative estimate of drug-likeness (QED) is 0.166. The predicted octanol–water partition coefficient (Wildman–Crippen LogP) is 15.9. The SMILES string of the molecule is CC(c1ccnc(N(c2ccccc2)c2cc(-c3cc(-c4ccccc4)cc(-c4cc(C(C)(C)C)cc(C(C)(C)C)c4O)n3)cc(C(C)(C)C)c2)c1)c1cccc2ccccc12. The number of benzene rings is 6. The van der Waals surface area contributed by atoms with Gasteiger partial charge in [0, 0.05) is 40.2 Å². The van der Waals surface area contributed by atoms with Crippen LogP contribution in [-0.4, -0.2) is 15.1 Å². The maximum absolute atomic E-state index is 12.1. The second-order valence-corrected chi connectivity index (χ2v) is 19.8. The van der Waals surface area contributed by atoms with Gasteiger partial charge in [-0.1, -0.05) is 166 Å². The Hall–Kier alpha value is -6.52. The van der Waals surface area contributed by atoms with Crippen molar-refractivity contribution in [2.45, 2.75) is 91.4 Å². The summed E-state index contributed by atoms with van der Waals surface area (Å²) < 4.78 is 0. The van der Waals surface area contributed by atoms with Gasteiger partial charge in [-0.25, -0.2) is 9.97 Å². The number of hydrogen-bond acceptors (Lipinski definition) is 4. The third kappa shape index (κ3) is 8.65. The molecule has 1 unspecified atom stereocenters. The van der Waals surface area contributed by atoms with Crippen molar-refractivity contribution in [1.29, 1.82) is 0 Å². The van der Waals surface area contributed by atoms with Crippen molar-refractivity contribution in [2.75, 3.05) is 4.90 Å². The number of phenols is 1. The molecule has 0 aliphatic rings. The molecule has 0 fully saturated rings. The zero-order chi connectivity index (χ0) is 44.0. The van der Waals surface area contributed by atoms with Gasteiger partial charge in [-0.15, -0.1) is 0 Å². The Bertz CT molecular complexity index is 2870. The Morgan fingerprint density at radius 3 is 1.84 bits per heavy atom. The highest BCUT2D eigenvalue weighted by molar-refractivity contribution is 5.87. The van der Waals surface area contributed by atoms with Gasteiger partial charge in [0.05, 0.1) is 11.4 Å². The van der Waals surface area contributed by atoms with E-state index >= 15 is 0 Å². The predicted molar refractivity (Wildman–Crippen MR) is 262 cm³/mol. The van der Waals surface area contributed by atoms with Crippen molar-refractivity contribution >= 4 is 28.0 Å². The maximum atomic E-state index is 12.1. The van der Waals surface area contributed by atoms with E-state index < -0.39 is 0 Å². The monoisotopic (exact) mass is 813 g/mol. The molecule has 1 atom stereocenters. The van der Waals surface area contributed by atoms with Crippen molar-refractivity contribution in [1.82, 2.24) is 9.97 Å². The van der Waals surface area contributed by atoms with Crippen LogP contribution in [0.25, 0.3) is 44.4 Å². The first-order valence-corrected chi connectivity index (χ1v) is 21.9. The molecule has 2 aromatic heterocycles. The van der Waals surface area contributed by atoms with Gasteiger partial charge in [0.15, 0.2) is 0 Å². The van der Waals surface area contributed by atoms with Crippen LogP contribution in [0.3, 0.4) is 0 Å². The lowest BCUT2D eigenvalue weighted by atomic mass is 9.78. The topological polar surface area (TPSA) is 49.2 Å². The zero-order valence-electron chi connectivity index (χ0n) is 38.0. The lowest BCUT2D eigenvalue weighted by molar-refractivity contribution is 0.446. The summed E-state index contributed by atoms with van der Waals surface area (Å²) in [7, 11) is 0. The molecule has 0 saturated carbocycles. The first kappa shape index (κ1) is 42.2. The lowest BCUT2D eigenvalue weighted by Gasteiger charge is -2.29. The van der Waals surface area contributed by atoms with Crippen LogP contribution < -0.4 is 4.90 Å². The highest BCUT2D eigenvalue weighted by Gasteiger charge is 2.27. The van der Waals surface area contributed by atoms with Gasteiger partial charge in [-0.2, -0.15) is 0 Å². The van der Waals surface area contributed by atoms with Crippen molar-refractivity contribution < 1.29 is 5.11 Å². The standard InChI is InChI=1S/C58H59N3O/c1-38(48-27-19-23-40-22-17-18-26-49(40)48)41-28-29-59-54(34-41)61(46-24-15-12-16-25-46)47-31-43(30-44(35-47)56(2,3)4)52-32-42(39-20-13-11-14-21-39)33-53(60-52)50-36-45(57(5,6)7)37-51(55(50)62)58(8,9)10/h11-38,62H,1-10H3. The van der Waals surface area contributed by atoms with Crippen LogP contribution in [0.5, 0.6) is 5.75 Å². The number of aromatic nitrogens is 2. The van der Waals surface area contributed by atoms with E-state index in [0.717, 1.165) is 62.0 Å². The number of rotatable bonds is 8. The van der Waals surface area contributed by atoms with Gasteiger partial charge >= 0.3 is 0 Å². The van der Waals surface area contributed by atoms with Crippen molar-refractivity contribution in [3.8, 4) is 39.4 Å². The lowest BCUT2D eigenvalue weighted by Crippen LogP contribution is -2.17. The fraction of sp³-hybridized carbons (Fsp3) is 0.241. The van der Waals surface area contributed by atoms with E-state index in [1.807, 2.05) is 12.3 Å². The number of phenolic OH excluding ortho intramolecular Hbond substituents is 1. The summed E-state index contributed by atoms with van der Waals surface area (Å²) in [5.74, 6) is 1.24. The number of hydrogen-bond donors (Lipinski definition) is 1. The van der Waals surface area contributed by atoms with Gasteiger partial charge < -0.3 is 5.11 Å². The van der Waals surface area contributed by atoms with E-state index in [0.29, 0.717) is 0 Å². The molecule has 0 saturated heterocycles. The average Bonchev–Trinajstić information content (AvgIpc) is 3.25. The normalized spacial score (nSPS) is 12.7. The van der Waals surface area contributed by atoms with Crippen molar-refractivity contribution in [3.05, 3.63) is 192 Å². The minimum atomic E-state index is -0.283. The minimum Gasteiger partial charge on any atom is -0.507 e. The third-order valence-corrected chi connectivity index (χ3v) is 12.1. The molecule has 4 nitrogen and oxygen atoms in total. The van der Waals surface area contributed by atoms with Crippen LogP contribution in [0.1, 0.15) is 103 Å². The number of para-hydroxylation sites is 1. The second kappa shape index (κ2) is 16.4. The largest absolute Gasteiger partial charge is 0.507 e. The Morgan fingerprint density at radius 2 is 1.15 bits per heavy atom. The van der Waals surface area contributed by atoms with Crippen LogP contribution in [0.2, 0.25) is 0 Å². The summed E-state index contributed by atoms with van der Waals surface area (Å²) >= 11 is 0. The van der Waals surface area contributed by atoms with Gasteiger partial charge in [0.2, 0.25) is 0 Å². The molecule has 312 valence electrons. The average molecular weight is 814 g/mol. The molecule has 0 bridgehead atoms. The fourth-order valence-corrected chi connectivity index (χ4v) is 8.39. The van der Waals surface area contributed by atoms with Gasteiger partial charge in [-0.3, -0.25) is 4.90 Å². The summed E-state index contributed by atoms with van der Waals surface area (Å²) in [5.41, 5.74) is 12.5. The number of pyridine rings is 2. The number of fused-ring (bicyclic) bond motifs is 1. The summed E-state index contributed by atoms with van der Waals surface area (Å²) in [4.78, 5) is 12.8. The first-order chi connectivity index (χ1) is 29.5. The number of anilines is 3. The summed E-state index contributed by atoms with van der Waals surface area (Å²) in [6, 6.07) is 56.0. The maximum Gasteiger partial charge on any atom is 0.137 e. The van der Waals surface area contributed by atoms with Crippen LogP contribution in [0.4, 0.5) is 17.2 Å². The summed E-state index contributed by atoms with van der Waals surface area (Å²) in [6.07, 6.45) is 1.94. The first-order valence-electron chi connectivity index (χ1n) is 21.9. The van der Waals surface area contributed by atoms with E-state index in [1.165, 1.54) is 27.5 Å². The molecular weight excluding hydrogens is 755 g/mol. The second-order valence-electron chi connectivity index (χ2n) is 19.8. The Kier molecular flexibility index (Phi) is 11.2. The zero-order valence-corrected chi connectivity index (χ0v) is 38.0. The molecular formula is C58H59N3O. The van der Waals surface area contributed by atoms with Crippen LogP contribution in [0, 0.1) is 0 Å². The molecule has 6 aromatic carbocycles. The molecule has 8 rings (SSSR count). The molecule has 0 radical (unpaired) electrons. The molecule has 62 heavy (non-hydrogen) atoms. The number of nitrogens with zero attached hydrogens (tertiary/aromatic N) is 3. The van der Waals surface area contributed by atoms with Crippen molar-refractivity contribution in [2.24, 2.45) is 0 Å². The molecule has 8 aromatic rings. The van der Waals surface area contributed by atoms with Crippen molar-refractivity contribution in [3.63, 3.8) is 0 Å². The molecule has 2 heterocycles. The Morgan fingerprint density at radius 1 is 0.516 bits per heavy atom. The third-order valence-electron chi connectivity index (χ3n) is 12.1. The van der Waals surface area contributed by atoms with E-state index in [-0.39, 0.29) is 27.9 Å². The van der Waals surface area contributed by atoms with E-state index in [4.69, 9.17) is 9.97 Å². The molecule has 0 spiro atoms. The molecule has 0 amide bonds. The molecule has 0 aliphatic heterocycles. The summed E-state index contributed by atoms with van der Waals surface area (Å²) in [5, 5.41) is 14.6. The van der Waals surface area contributed by atoms with Crippen LogP contribution >= 0.6 is 0 Å². The Balaban J connectivity index is 1.35. The van der Waals surface area contributed by atoms with E-state index in [2.05, 4.69) is 226 Å². The molecule has 1 N–H and O–H groups in total. The summed E-state index contributed by atoms with van der Waals surface area (Å²) in [6.45, 7) is 22.2. The van der Waals surface area contributed by atoms with Gasteiger partial charge in [0.25, 0.3) is 0 Å². The molecule has 4 heteroatoms. The smallest absolute Gasteiger partial charge is 0.137 e. The van der Waals surface area contributed by atoms with E-state index in [1.54, 1.807) is 0 Å². The Labute approximate surface area is 369 Å². The van der Waals surface area contributed by atoms with Gasteiger partial charge in [0.1, 0.15) is 11.6 Å². The highest BCUT2D eigenvalue weighted by atomic mass is 16.3. The van der Waals surface area contributed by atoms with E-state index in [9.17, 15) is 5.11 Å². The van der Waals surface area contributed by atoms with Crippen LogP contribution in [0.15, 0.2) is 164 Å². The fourth-order valence-electron chi connectivity index (χ4n) is 8.39. The van der Waals surface area contributed by atoms with Crippen LogP contribution in [-0.2, 0) is 16.2 Å². The highest BCUT2D eigenvalue weighted by Crippen LogP contribution is 2.45. The number of aromatic hydroxyl groups is 1. The molecule has 0 aliphatic carbocycles. The van der Waals surface area contributed by atoms with Gasteiger partial charge in [-0.05, 0) is 121 Å².